The predicted octanol–water partition coefficient (Wildman–Crippen LogP) is 1.54. The Morgan fingerprint density at radius 2 is 1.00 bits per heavy atom. The number of hydrogen-bond acceptors (Lipinski definition) is 0. The third kappa shape index (κ3) is 12.9. The van der Waals surface area contributed by atoms with Gasteiger partial charge in [0.25, 0.3) is 0 Å². The van der Waals surface area contributed by atoms with Crippen LogP contribution in [0.4, 0.5) is 26.3 Å². The number of aryl methyl sites for hydroxylation is 2. The van der Waals surface area contributed by atoms with Gasteiger partial charge in [-0.1, -0.05) is 63.5 Å². The van der Waals surface area contributed by atoms with Gasteiger partial charge >= 0.3 is 38.6 Å². The Hall–Kier alpha value is -0.257. The van der Waals surface area contributed by atoms with E-state index < -0.39 is 23.5 Å². The van der Waals surface area contributed by atoms with Gasteiger partial charge in [0.05, 0.1) is 0 Å². The second-order valence-corrected chi connectivity index (χ2v) is 6.22. The van der Waals surface area contributed by atoms with E-state index in [2.05, 4.69) is 0 Å². The molecule has 29 heavy (non-hydrogen) atoms. The van der Waals surface area contributed by atoms with Crippen LogP contribution in [0.2, 0.25) is 0 Å². The molecule has 2 aromatic carbocycles. The van der Waals surface area contributed by atoms with Crippen LogP contribution in [0.3, 0.4) is 0 Å². The van der Waals surface area contributed by atoms with E-state index in [-0.39, 0.29) is 51.0 Å². The molecule has 0 spiro atoms. The average Bonchev–Trinajstić information content (AvgIpc) is 3.20. The van der Waals surface area contributed by atoms with Crippen LogP contribution in [0, 0.1) is 0 Å². The van der Waals surface area contributed by atoms with Crippen LogP contribution >= 0.6 is 0 Å². The summed E-state index contributed by atoms with van der Waals surface area (Å²) in [5.74, 6) is 0. The minimum atomic E-state index is -4.19. The minimum absolute atomic E-state index is 0. The van der Waals surface area contributed by atoms with Crippen molar-refractivity contribution in [3.05, 3.63) is 58.7 Å². The van der Waals surface area contributed by atoms with E-state index in [9.17, 15) is 26.3 Å². The van der Waals surface area contributed by atoms with Crippen molar-refractivity contribution < 1.29 is 77.4 Å². The first-order valence-electron chi connectivity index (χ1n) is 8.73. The maximum atomic E-state index is 12.1. The first-order chi connectivity index (χ1) is 12.1. The minimum Gasteiger partial charge on any atom is -1.00 e. The summed E-state index contributed by atoms with van der Waals surface area (Å²) in [6.07, 6.45) is -2.99. The van der Waals surface area contributed by atoms with Crippen LogP contribution in [0.15, 0.2) is 36.4 Å². The summed E-state index contributed by atoms with van der Waals surface area (Å²) in [4.78, 5) is 0. The topological polar surface area (TPSA) is 0 Å². The van der Waals surface area contributed by atoms with E-state index in [1.54, 1.807) is 12.1 Å². The van der Waals surface area contributed by atoms with Gasteiger partial charge in [-0.2, -0.15) is 61.7 Å². The summed E-state index contributed by atoms with van der Waals surface area (Å²) in [5, 5.41) is 0. The van der Waals surface area contributed by atoms with Crippen molar-refractivity contribution >= 4 is 0 Å². The first kappa shape index (κ1) is 33.4. The van der Waals surface area contributed by atoms with Gasteiger partial charge in [0, 0.05) is 0 Å². The molecule has 9 heteroatoms. The molecule has 0 nitrogen and oxygen atoms in total. The Kier molecular flexibility index (Phi) is 17.9. The van der Waals surface area contributed by atoms with Gasteiger partial charge in [-0.25, -0.2) is 12.1 Å². The quantitative estimate of drug-likeness (QED) is 0.386. The number of hydrogen-bond donors (Lipinski definition) is 0. The summed E-state index contributed by atoms with van der Waals surface area (Å²) < 4.78 is 72.7. The van der Waals surface area contributed by atoms with Crippen molar-refractivity contribution in [3.63, 3.8) is 0 Å². The van der Waals surface area contributed by atoms with E-state index in [4.69, 9.17) is 0 Å². The number of unbranched alkanes of at least 4 members (excludes halogenated alkanes) is 2. The first-order valence-corrected chi connectivity index (χ1v) is 8.73. The van der Waals surface area contributed by atoms with Crippen LogP contribution in [-0.4, -0.2) is 0 Å². The molecule has 2 rings (SSSR count). The standard InChI is InChI=1S/2C10H12F3.2ClH.Zr/c2*1-2-3-4-8-5-6-9(7-8)10(11,12)13;;;/h2*5-7H,2-4H2,1H3;2*1H;/q2*-1;;;+4/p-2. The fraction of sp³-hybridized carbons (Fsp3) is 0.500. The fourth-order valence-electron chi connectivity index (χ4n) is 2.41. The Labute approximate surface area is 200 Å². The number of rotatable bonds is 6. The van der Waals surface area contributed by atoms with Gasteiger partial charge < -0.3 is 24.8 Å². The van der Waals surface area contributed by atoms with Crippen LogP contribution in [0.1, 0.15) is 61.8 Å². The zero-order chi connectivity index (χ0) is 19.8. The Balaban J connectivity index is -0.000000422. The van der Waals surface area contributed by atoms with Crippen LogP contribution in [0.5, 0.6) is 0 Å². The second-order valence-electron chi connectivity index (χ2n) is 6.22. The van der Waals surface area contributed by atoms with E-state index in [0.717, 1.165) is 61.8 Å². The van der Waals surface area contributed by atoms with Crippen LogP contribution < -0.4 is 24.8 Å². The van der Waals surface area contributed by atoms with Crippen molar-refractivity contribution in [2.75, 3.05) is 0 Å². The molecule has 0 amide bonds. The van der Waals surface area contributed by atoms with E-state index in [1.807, 2.05) is 13.8 Å². The second kappa shape index (κ2) is 15.5. The molecule has 0 aliphatic heterocycles. The molecule has 0 fully saturated rings. The van der Waals surface area contributed by atoms with Crippen LogP contribution in [0.25, 0.3) is 0 Å². The van der Waals surface area contributed by atoms with Crippen molar-refractivity contribution in [3.8, 4) is 0 Å². The zero-order valence-electron chi connectivity index (χ0n) is 16.2. The molecular weight excluding hydrogens is 516 g/mol. The van der Waals surface area contributed by atoms with E-state index in [1.165, 1.54) is 12.1 Å². The summed E-state index contributed by atoms with van der Waals surface area (Å²) in [6.45, 7) is 4.04. The van der Waals surface area contributed by atoms with Gasteiger partial charge in [-0.05, 0) is 0 Å². The third-order valence-electron chi connectivity index (χ3n) is 3.93. The van der Waals surface area contributed by atoms with Crippen molar-refractivity contribution in [2.24, 2.45) is 0 Å². The molecule has 0 aliphatic rings. The molecule has 0 atom stereocenters. The molecule has 0 bridgehead atoms. The molecule has 0 saturated carbocycles. The SMILES string of the molecule is CCCC[c-]1ccc(C(F)(F)F)c1.CCCC[c-]1ccc(C(F)(F)F)c1.[Cl-].[Cl-].[Zr+4]. The van der Waals surface area contributed by atoms with E-state index in [0.29, 0.717) is 0 Å². The molecule has 0 saturated heterocycles. The maximum absolute atomic E-state index is 12.1. The molecule has 0 unspecified atom stereocenters. The summed E-state index contributed by atoms with van der Waals surface area (Å²) >= 11 is 0. The molecule has 0 heterocycles. The number of alkyl halides is 6. The molecule has 0 aliphatic carbocycles. The Morgan fingerprint density at radius 1 is 0.690 bits per heavy atom. The largest absolute Gasteiger partial charge is 4.00 e. The molecule has 0 radical (unpaired) electrons. The smallest absolute Gasteiger partial charge is 1.00 e. The summed E-state index contributed by atoms with van der Waals surface area (Å²) in [6, 6.07) is 7.86. The molecule has 0 aromatic heterocycles. The summed E-state index contributed by atoms with van der Waals surface area (Å²) in [7, 11) is 0. The monoisotopic (exact) mass is 538 g/mol. The third-order valence-corrected chi connectivity index (χ3v) is 3.93. The maximum Gasteiger partial charge on any atom is 4.00 e. The Bertz CT molecular complexity index is 588. The normalized spacial score (nSPS) is 10.8. The van der Waals surface area contributed by atoms with Crippen LogP contribution in [-0.2, 0) is 51.4 Å². The van der Waals surface area contributed by atoms with Gasteiger partial charge in [-0.3, -0.25) is 0 Å². The molecule has 2 aromatic rings. The van der Waals surface area contributed by atoms with Gasteiger partial charge in [0.15, 0.2) is 0 Å². The van der Waals surface area contributed by atoms with Gasteiger partial charge in [0.1, 0.15) is 0 Å². The predicted molar refractivity (Wildman–Crippen MR) is 91.3 cm³/mol. The molecule has 164 valence electrons. The van der Waals surface area contributed by atoms with Crippen molar-refractivity contribution in [1.29, 1.82) is 0 Å². The van der Waals surface area contributed by atoms with Crippen molar-refractivity contribution in [2.45, 2.75) is 64.7 Å². The Morgan fingerprint density at radius 3 is 1.21 bits per heavy atom. The zero-order valence-corrected chi connectivity index (χ0v) is 20.2. The van der Waals surface area contributed by atoms with Crippen molar-refractivity contribution in [1.82, 2.24) is 0 Å². The average molecular weight is 541 g/mol. The summed E-state index contributed by atoms with van der Waals surface area (Å²) in [5.41, 5.74) is 0.514. The number of halogens is 8. The molecule has 0 N–H and O–H groups in total. The van der Waals surface area contributed by atoms with Gasteiger partial charge in [0.2, 0.25) is 0 Å². The molecular formula is C20H24Cl2F6Zr. The van der Waals surface area contributed by atoms with Gasteiger partial charge in [-0.15, -0.1) is 0 Å². The van der Waals surface area contributed by atoms with E-state index >= 15 is 0 Å². The fourth-order valence-corrected chi connectivity index (χ4v) is 2.41.